The topological polar surface area (TPSA) is 123 Å². The van der Waals surface area contributed by atoms with Crippen LogP contribution in [-0.2, 0) is 11.3 Å². The van der Waals surface area contributed by atoms with Crippen LogP contribution in [0.2, 0.25) is 0 Å². The van der Waals surface area contributed by atoms with Gasteiger partial charge in [0.05, 0.1) is 6.04 Å². The van der Waals surface area contributed by atoms with E-state index < -0.39 is 11.7 Å². The average molecular weight is 608 g/mol. The van der Waals surface area contributed by atoms with E-state index in [4.69, 9.17) is 9.47 Å². The second-order valence-corrected chi connectivity index (χ2v) is 12.1. The second-order valence-electron chi connectivity index (χ2n) is 12.1. The number of rotatable bonds is 7. The van der Waals surface area contributed by atoms with Gasteiger partial charge in [-0.2, -0.15) is 10.2 Å². The van der Waals surface area contributed by atoms with Crippen molar-refractivity contribution in [2.75, 3.05) is 11.9 Å². The van der Waals surface area contributed by atoms with Gasteiger partial charge in [0.15, 0.2) is 11.5 Å². The van der Waals surface area contributed by atoms with Gasteiger partial charge < -0.3 is 20.1 Å². The summed E-state index contributed by atoms with van der Waals surface area (Å²) in [5.41, 5.74) is 4.00. The number of carbonyl (C=O) groups excluding carboxylic acids is 1. The lowest BCUT2D eigenvalue weighted by molar-refractivity contribution is 0.0464. The molecule has 1 aromatic carbocycles. The van der Waals surface area contributed by atoms with Gasteiger partial charge in [-0.05, 0) is 88.9 Å². The lowest BCUT2D eigenvalue weighted by Gasteiger charge is -2.37. The van der Waals surface area contributed by atoms with Crippen LogP contribution in [-0.4, -0.2) is 64.4 Å². The summed E-state index contributed by atoms with van der Waals surface area (Å²) in [6, 6.07) is 11.7. The molecule has 1 amide bonds. The van der Waals surface area contributed by atoms with E-state index in [0.29, 0.717) is 30.2 Å². The number of hydrogen-bond donors (Lipinski definition) is 2. The molecule has 6 rings (SSSR count). The van der Waals surface area contributed by atoms with E-state index in [9.17, 15) is 4.79 Å². The van der Waals surface area contributed by atoms with E-state index >= 15 is 0 Å². The number of nitrogens with zero attached hydrogens (tertiary/aromatic N) is 7. The first-order valence-corrected chi connectivity index (χ1v) is 15.0. The Balaban J connectivity index is 1.17. The van der Waals surface area contributed by atoms with Crippen LogP contribution >= 0.6 is 0 Å². The molecule has 0 radical (unpaired) electrons. The molecule has 1 aliphatic rings. The van der Waals surface area contributed by atoms with Crippen molar-refractivity contribution in [2.24, 2.45) is 0 Å². The number of amides is 1. The molecular weight excluding hydrogens is 570 g/mol. The summed E-state index contributed by atoms with van der Waals surface area (Å²) >= 11 is 0. The average Bonchev–Trinajstić information content (AvgIpc) is 3.62. The van der Waals surface area contributed by atoms with Crippen molar-refractivity contribution < 1.29 is 14.3 Å². The highest BCUT2D eigenvalue weighted by Crippen LogP contribution is 2.31. The Hall–Kier alpha value is -5.15. The lowest BCUT2D eigenvalue weighted by atomic mass is 9.96. The molecule has 4 aromatic heterocycles. The van der Waals surface area contributed by atoms with Crippen LogP contribution in [0.4, 0.5) is 16.3 Å². The highest BCUT2D eigenvalue weighted by Gasteiger charge is 2.30. The van der Waals surface area contributed by atoms with Crippen molar-refractivity contribution in [3.8, 4) is 23.3 Å². The molecule has 1 aliphatic heterocycles. The van der Waals surface area contributed by atoms with E-state index in [1.165, 1.54) is 6.33 Å². The van der Waals surface area contributed by atoms with Gasteiger partial charge in [0.1, 0.15) is 35.3 Å². The fraction of sp³-hybridized carbons (Fsp3) is 0.364. The van der Waals surface area contributed by atoms with Crippen LogP contribution in [0.5, 0.6) is 11.5 Å². The number of nitrogens with one attached hydrogen (secondary N) is 2. The normalized spacial score (nSPS) is 17.1. The number of hydrogen-bond acceptors (Lipinski definition) is 9. The lowest BCUT2D eigenvalue weighted by Crippen LogP contribution is -2.50. The van der Waals surface area contributed by atoms with Gasteiger partial charge in [-0.15, -0.1) is 5.92 Å². The van der Waals surface area contributed by atoms with Crippen molar-refractivity contribution in [1.29, 1.82) is 0 Å². The van der Waals surface area contributed by atoms with E-state index in [-0.39, 0.29) is 12.1 Å². The summed E-state index contributed by atoms with van der Waals surface area (Å²) in [6.45, 7) is 10.9. The predicted octanol–water partition coefficient (Wildman–Crippen LogP) is 5.50. The van der Waals surface area contributed by atoms with Gasteiger partial charge in [-0.25, -0.2) is 23.8 Å². The molecule has 12 heteroatoms. The third-order valence-electron chi connectivity index (χ3n) is 7.57. The summed E-state index contributed by atoms with van der Waals surface area (Å²) < 4.78 is 15.2. The minimum absolute atomic E-state index is 0.00548. The van der Waals surface area contributed by atoms with E-state index in [1.807, 2.05) is 81.9 Å². The number of likely N-dealkylation sites (tertiary alicyclic amines) is 1. The summed E-state index contributed by atoms with van der Waals surface area (Å²) in [4.78, 5) is 23.6. The van der Waals surface area contributed by atoms with Crippen molar-refractivity contribution in [2.45, 2.75) is 71.7 Å². The molecule has 2 N–H and O–H groups in total. The first-order valence-electron chi connectivity index (χ1n) is 15.0. The second kappa shape index (κ2) is 12.5. The highest BCUT2D eigenvalue weighted by atomic mass is 16.6. The standard InChI is InChI=1S/C33H37N9O3/c1-6-7-26-17-25(39-32(43)45-33(3,4)5)11-13-40(26)19-23-10-14-42-30(23)31(35-21-37-42)38-24-8-9-28(22(2)16-24)44-27-12-15-41-29(18-27)34-20-36-41/h8-10,12,14-16,18,20-21,25-26H,11,13,17,19H2,1-5H3,(H,39,43)(H,35,37,38)/t25-,26?/m1/s1. The van der Waals surface area contributed by atoms with E-state index in [0.717, 1.165) is 41.0 Å². The van der Waals surface area contributed by atoms with Crippen LogP contribution in [0.1, 0.15) is 51.7 Å². The monoisotopic (exact) mass is 607 g/mol. The molecule has 5 aromatic rings. The Labute approximate surface area is 261 Å². The third kappa shape index (κ3) is 6.99. The zero-order valence-corrected chi connectivity index (χ0v) is 26.1. The molecule has 45 heavy (non-hydrogen) atoms. The fourth-order valence-electron chi connectivity index (χ4n) is 5.55. The fourth-order valence-corrected chi connectivity index (χ4v) is 5.55. The molecule has 12 nitrogen and oxygen atoms in total. The number of pyridine rings is 1. The Morgan fingerprint density at radius 2 is 1.87 bits per heavy atom. The zero-order chi connectivity index (χ0) is 31.6. The number of aromatic nitrogens is 6. The largest absolute Gasteiger partial charge is 0.457 e. The smallest absolute Gasteiger partial charge is 0.407 e. The van der Waals surface area contributed by atoms with Gasteiger partial charge in [0.25, 0.3) is 0 Å². The van der Waals surface area contributed by atoms with E-state index in [2.05, 4.69) is 53.6 Å². The molecule has 1 saturated heterocycles. The Morgan fingerprint density at radius 1 is 1.07 bits per heavy atom. The first kappa shape index (κ1) is 29.9. The molecule has 5 heterocycles. The number of piperidine rings is 1. The number of fused-ring (bicyclic) bond motifs is 2. The van der Waals surface area contributed by atoms with Crippen molar-refractivity contribution >= 4 is 28.8 Å². The maximum Gasteiger partial charge on any atom is 0.407 e. The molecule has 1 fully saturated rings. The Kier molecular flexibility index (Phi) is 8.28. The maximum absolute atomic E-state index is 12.4. The summed E-state index contributed by atoms with van der Waals surface area (Å²) in [6.07, 6.45) is 7.95. The molecule has 2 atom stereocenters. The van der Waals surface area contributed by atoms with Crippen LogP contribution in [0.25, 0.3) is 11.2 Å². The van der Waals surface area contributed by atoms with Crippen molar-refractivity contribution in [1.82, 2.24) is 39.4 Å². The molecular formula is C33H37N9O3. The Bertz CT molecular complexity index is 1900. The molecule has 0 saturated carbocycles. The third-order valence-corrected chi connectivity index (χ3v) is 7.57. The van der Waals surface area contributed by atoms with E-state index in [1.54, 1.807) is 10.8 Å². The molecule has 232 valence electrons. The van der Waals surface area contributed by atoms with Crippen LogP contribution in [0.15, 0.2) is 61.4 Å². The molecule has 1 unspecified atom stereocenters. The maximum atomic E-state index is 12.4. The van der Waals surface area contributed by atoms with Gasteiger partial charge in [-0.3, -0.25) is 4.90 Å². The molecule has 0 bridgehead atoms. The number of aryl methyl sites for hydroxylation is 1. The summed E-state index contributed by atoms with van der Waals surface area (Å²) in [5, 5.41) is 15.1. The highest BCUT2D eigenvalue weighted by molar-refractivity contribution is 5.77. The quantitative estimate of drug-likeness (QED) is 0.231. The van der Waals surface area contributed by atoms with Crippen molar-refractivity contribution in [3.63, 3.8) is 0 Å². The van der Waals surface area contributed by atoms with Gasteiger partial charge in [0.2, 0.25) is 0 Å². The van der Waals surface area contributed by atoms with Gasteiger partial charge in [-0.1, -0.05) is 5.92 Å². The Morgan fingerprint density at radius 3 is 2.67 bits per heavy atom. The molecule has 0 aliphatic carbocycles. The number of ether oxygens (including phenoxy) is 2. The number of carbonyl (C=O) groups is 1. The van der Waals surface area contributed by atoms with Crippen LogP contribution in [0.3, 0.4) is 0 Å². The minimum Gasteiger partial charge on any atom is -0.457 e. The van der Waals surface area contributed by atoms with Gasteiger partial charge in [0, 0.05) is 43.3 Å². The van der Waals surface area contributed by atoms with Crippen LogP contribution < -0.4 is 15.4 Å². The number of anilines is 2. The van der Waals surface area contributed by atoms with Gasteiger partial charge >= 0.3 is 6.09 Å². The predicted molar refractivity (Wildman–Crippen MR) is 171 cm³/mol. The number of benzene rings is 1. The SMILES string of the molecule is CC#CC1C[C@H](NC(=O)OC(C)(C)C)CCN1Cc1ccn2ncnc(Nc3ccc(Oc4ccn5ncnc5c4)c(C)c3)c12. The van der Waals surface area contributed by atoms with Crippen LogP contribution in [0, 0.1) is 18.8 Å². The zero-order valence-electron chi connectivity index (χ0n) is 26.1. The van der Waals surface area contributed by atoms with Crippen molar-refractivity contribution in [3.05, 3.63) is 72.6 Å². The first-order chi connectivity index (χ1) is 21.6. The minimum atomic E-state index is -0.541. The number of alkyl carbamates (subject to hydrolysis) is 1. The molecule has 0 spiro atoms. The summed E-state index contributed by atoms with van der Waals surface area (Å²) in [5.74, 6) is 8.56. The summed E-state index contributed by atoms with van der Waals surface area (Å²) in [7, 11) is 0.